The molecule has 28 heavy (non-hydrogen) atoms. The highest BCUT2D eigenvalue weighted by Crippen LogP contribution is 2.42. The lowest BCUT2D eigenvalue weighted by Crippen LogP contribution is -2.54. The Hall–Kier alpha value is -2.80. The third-order valence-electron chi connectivity index (χ3n) is 5.24. The van der Waals surface area contributed by atoms with Gasteiger partial charge in [0.25, 0.3) is 0 Å². The van der Waals surface area contributed by atoms with Gasteiger partial charge in [-0.3, -0.25) is 4.90 Å². The molecule has 3 rings (SSSR count). The topological polar surface area (TPSA) is 70.1 Å². The van der Waals surface area contributed by atoms with Crippen LogP contribution in [-0.4, -0.2) is 36.2 Å². The van der Waals surface area contributed by atoms with E-state index in [1.165, 1.54) is 41.2 Å². The average Bonchev–Trinajstić information content (AvgIpc) is 2.65. The van der Waals surface area contributed by atoms with Crippen LogP contribution in [0.25, 0.3) is 0 Å². The van der Waals surface area contributed by atoms with E-state index in [9.17, 15) is 19.1 Å². The molecule has 0 atom stereocenters. The van der Waals surface area contributed by atoms with Crippen molar-refractivity contribution in [3.05, 3.63) is 57.9 Å². The molecule has 0 aromatic heterocycles. The number of rotatable bonds is 4. The summed E-state index contributed by atoms with van der Waals surface area (Å²) in [6.07, 6.45) is 0. The molecular formula is C20H20ClFN2O4. The summed E-state index contributed by atoms with van der Waals surface area (Å²) >= 11 is 6.27. The van der Waals surface area contributed by atoms with Gasteiger partial charge in [-0.15, -0.1) is 0 Å². The maximum atomic E-state index is 14.5. The maximum absolute atomic E-state index is 14.5. The van der Waals surface area contributed by atoms with Gasteiger partial charge in [0.15, 0.2) is 0 Å². The Bertz CT molecular complexity index is 977. The number of benzene rings is 2. The minimum Gasteiger partial charge on any atom is -0.495 e. The van der Waals surface area contributed by atoms with Gasteiger partial charge in [0.2, 0.25) is 0 Å². The van der Waals surface area contributed by atoms with Crippen LogP contribution in [0.4, 0.5) is 14.9 Å². The molecule has 6 nitrogen and oxygen atoms in total. The van der Waals surface area contributed by atoms with Crippen molar-refractivity contribution < 1.29 is 23.8 Å². The second kappa shape index (κ2) is 6.98. The van der Waals surface area contributed by atoms with Crippen molar-refractivity contribution in [2.45, 2.75) is 25.9 Å². The van der Waals surface area contributed by atoms with Gasteiger partial charge in [-0.2, -0.15) is 0 Å². The number of carboxylic acids is 1. The van der Waals surface area contributed by atoms with Crippen molar-refractivity contribution >= 4 is 29.3 Å². The van der Waals surface area contributed by atoms with Crippen LogP contribution in [0.3, 0.4) is 0 Å². The maximum Gasteiger partial charge on any atom is 0.335 e. The lowest BCUT2D eigenvalue weighted by Gasteiger charge is -2.46. The summed E-state index contributed by atoms with van der Waals surface area (Å²) in [5.74, 6) is -1.41. The predicted octanol–water partition coefficient (Wildman–Crippen LogP) is 4.49. The average molecular weight is 407 g/mol. The normalized spacial score (nSPS) is 15.4. The fraction of sp³-hybridized carbons (Fsp3) is 0.300. The number of amides is 2. The summed E-state index contributed by atoms with van der Waals surface area (Å²) in [7, 11) is 3.06. The molecular weight excluding hydrogens is 387 g/mol. The van der Waals surface area contributed by atoms with E-state index in [-0.39, 0.29) is 28.4 Å². The highest BCUT2D eigenvalue weighted by atomic mass is 35.5. The van der Waals surface area contributed by atoms with Crippen molar-refractivity contribution in [1.82, 2.24) is 4.90 Å². The zero-order valence-corrected chi connectivity index (χ0v) is 16.7. The van der Waals surface area contributed by atoms with Gasteiger partial charge >= 0.3 is 12.0 Å². The van der Waals surface area contributed by atoms with Gasteiger partial charge in [0.1, 0.15) is 11.6 Å². The second-order valence-corrected chi connectivity index (χ2v) is 7.44. The van der Waals surface area contributed by atoms with Gasteiger partial charge in [-0.1, -0.05) is 17.7 Å². The van der Waals surface area contributed by atoms with Gasteiger partial charge in [-0.25, -0.2) is 14.0 Å². The van der Waals surface area contributed by atoms with Crippen LogP contribution >= 0.6 is 11.6 Å². The molecule has 0 saturated carbocycles. The number of aromatic carboxylic acids is 1. The molecule has 1 heterocycles. The summed E-state index contributed by atoms with van der Waals surface area (Å²) in [6.45, 7) is 3.55. The van der Waals surface area contributed by atoms with Crippen LogP contribution < -0.4 is 9.64 Å². The Kier molecular flexibility index (Phi) is 4.97. The highest BCUT2D eigenvalue weighted by Gasteiger charge is 2.41. The predicted molar refractivity (Wildman–Crippen MR) is 104 cm³/mol. The molecule has 8 heteroatoms. The number of hydrogen-bond donors (Lipinski definition) is 1. The summed E-state index contributed by atoms with van der Waals surface area (Å²) in [5.41, 5.74) is 0.616. The van der Waals surface area contributed by atoms with Crippen LogP contribution in [0.5, 0.6) is 5.75 Å². The first kappa shape index (κ1) is 19.9. The van der Waals surface area contributed by atoms with Gasteiger partial charge in [-0.05, 0) is 38.1 Å². The largest absolute Gasteiger partial charge is 0.495 e. The number of carbonyl (C=O) groups is 2. The number of urea groups is 1. The zero-order chi connectivity index (χ0) is 20.8. The Labute approximate surface area is 167 Å². The number of nitrogens with zero attached hydrogens (tertiary/aromatic N) is 2. The number of carboxylic acid groups (broad SMARTS) is 1. The Morgan fingerprint density at radius 3 is 2.57 bits per heavy atom. The summed E-state index contributed by atoms with van der Waals surface area (Å²) in [4.78, 5) is 27.4. The van der Waals surface area contributed by atoms with E-state index in [1.807, 2.05) is 13.8 Å². The van der Waals surface area contributed by atoms with E-state index >= 15 is 0 Å². The number of ether oxygens (including phenoxy) is 1. The highest BCUT2D eigenvalue weighted by molar-refractivity contribution is 6.32. The first-order valence-electron chi connectivity index (χ1n) is 8.53. The molecule has 1 aliphatic heterocycles. The molecule has 1 aliphatic rings. The van der Waals surface area contributed by atoms with Crippen molar-refractivity contribution in [2.75, 3.05) is 19.1 Å². The standard InChI is InChI=1S/C20H20ClFN2O4/c1-20(2)13-6-5-11(18(25)26)9-15(13)24(19(27)23(20)3)10-12-14(22)7-8-16(28-4)17(12)21/h5-9H,10H2,1-4H3,(H,25,26). The second-order valence-electron chi connectivity index (χ2n) is 7.07. The number of carbonyl (C=O) groups excluding carboxylic acids is 1. The molecule has 0 fully saturated rings. The molecule has 148 valence electrons. The van der Waals surface area contributed by atoms with Crippen LogP contribution in [0.15, 0.2) is 30.3 Å². The fourth-order valence-electron chi connectivity index (χ4n) is 3.30. The molecule has 2 amide bonds. The number of halogens is 2. The molecule has 0 aliphatic carbocycles. The first-order valence-corrected chi connectivity index (χ1v) is 8.91. The van der Waals surface area contributed by atoms with Crippen molar-refractivity contribution in [3.8, 4) is 5.75 Å². The summed E-state index contributed by atoms with van der Waals surface area (Å²) in [6, 6.07) is 6.83. The lowest BCUT2D eigenvalue weighted by molar-refractivity contribution is 0.0696. The smallest absolute Gasteiger partial charge is 0.335 e. The quantitative estimate of drug-likeness (QED) is 0.812. The van der Waals surface area contributed by atoms with Gasteiger partial charge < -0.3 is 14.7 Å². The van der Waals surface area contributed by atoms with Crippen LogP contribution in [0.1, 0.15) is 35.3 Å². The van der Waals surface area contributed by atoms with E-state index < -0.39 is 23.4 Å². The Morgan fingerprint density at radius 2 is 1.96 bits per heavy atom. The van der Waals surface area contributed by atoms with E-state index in [0.29, 0.717) is 5.69 Å². The SMILES string of the molecule is COc1ccc(F)c(CN2C(=O)N(C)C(C)(C)c3ccc(C(=O)O)cc32)c1Cl. The molecule has 2 aromatic rings. The molecule has 1 N–H and O–H groups in total. The number of methoxy groups -OCH3 is 1. The fourth-order valence-corrected chi connectivity index (χ4v) is 3.59. The zero-order valence-electron chi connectivity index (χ0n) is 15.9. The van der Waals surface area contributed by atoms with Crippen LogP contribution in [-0.2, 0) is 12.1 Å². The van der Waals surface area contributed by atoms with Crippen molar-refractivity contribution in [1.29, 1.82) is 0 Å². The third-order valence-corrected chi connectivity index (χ3v) is 5.65. The van der Waals surface area contributed by atoms with E-state index in [4.69, 9.17) is 16.3 Å². The van der Waals surface area contributed by atoms with E-state index in [1.54, 1.807) is 13.1 Å². The molecule has 0 saturated heterocycles. The van der Waals surface area contributed by atoms with E-state index in [0.717, 1.165) is 5.56 Å². The number of anilines is 1. The number of hydrogen-bond acceptors (Lipinski definition) is 3. The van der Waals surface area contributed by atoms with Crippen LogP contribution in [0.2, 0.25) is 5.02 Å². The van der Waals surface area contributed by atoms with Gasteiger partial charge in [0, 0.05) is 18.2 Å². The summed E-state index contributed by atoms with van der Waals surface area (Å²) in [5, 5.41) is 9.42. The third kappa shape index (κ3) is 3.05. The Balaban J connectivity index is 2.18. The van der Waals surface area contributed by atoms with Crippen molar-refractivity contribution in [3.63, 3.8) is 0 Å². The molecule has 2 aromatic carbocycles. The first-order chi connectivity index (χ1) is 13.1. The van der Waals surface area contributed by atoms with Crippen LogP contribution in [0, 0.1) is 5.82 Å². The minimum atomic E-state index is -1.11. The Morgan fingerprint density at radius 1 is 1.29 bits per heavy atom. The molecule has 0 spiro atoms. The molecule has 0 bridgehead atoms. The van der Waals surface area contributed by atoms with E-state index in [2.05, 4.69) is 0 Å². The van der Waals surface area contributed by atoms with Crippen molar-refractivity contribution in [2.24, 2.45) is 0 Å². The molecule has 0 radical (unpaired) electrons. The monoisotopic (exact) mass is 406 g/mol. The summed E-state index contributed by atoms with van der Waals surface area (Å²) < 4.78 is 19.6. The number of fused-ring (bicyclic) bond motifs is 1. The van der Waals surface area contributed by atoms with Gasteiger partial charge in [0.05, 0.1) is 35.5 Å². The minimum absolute atomic E-state index is 0.0362. The lowest BCUT2D eigenvalue weighted by atomic mass is 9.87. The molecule has 0 unspecified atom stereocenters.